The summed E-state index contributed by atoms with van der Waals surface area (Å²) in [5.41, 5.74) is 0.0191. The summed E-state index contributed by atoms with van der Waals surface area (Å²) in [5, 5.41) is 0. The van der Waals surface area contributed by atoms with Crippen LogP contribution >= 0.6 is 0 Å². The third-order valence-corrected chi connectivity index (χ3v) is 7.68. The van der Waals surface area contributed by atoms with Crippen LogP contribution in [-0.4, -0.2) is 70.7 Å². The molecule has 1 aliphatic carbocycles. The SMILES string of the molecule is O=C(c1c(F)cccc1F)N1CCN(C(=O)C2CC3CCCCC3N2C(=O)c2ccccc2)CC1. The average molecular weight is 482 g/mol. The van der Waals surface area contributed by atoms with E-state index in [4.69, 9.17) is 0 Å². The molecule has 3 fully saturated rings. The summed E-state index contributed by atoms with van der Waals surface area (Å²) in [6, 6.07) is 12.0. The second-order valence-corrected chi connectivity index (χ2v) is 9.66. The zero-order chi connectivity index (χ0) is 24.5. The van der Waals surface area contributed by atoms with Gasteiger partial charge < -0.3 is 14.7 Å². The van der Waals surface area contributed by atoms with Gasteiger partial charge in [-0.25, -0.2) is 8.78 Å². The predicted octanol–water partition coefficient (Wildman–Crippen LogP) is 3.72. The van der Waals surface area contributed by atoms with E-state index >= 15 is 0 Å². The molecule has 0 N–H and O–H groups in total. The number of hydrogen-bond acceptors (Lipinski definition) is 3. The average Bonchev–Trinajstić information content (AvgIpc) is 3.28. The summed E-state index contributed by atoms with van der Waals surface area (Å²) >= 11 is 0. The molecule has 1 saturated carbocycles. The van der Waals surface area contributed by atoms with Crippen molar-refractivity contribution in [3.05, 3.63) is 71.3 Å². The first-order chi connectivity index (χ1) is 17.0. The molecule has 3 aliphatic rings. The van der Waals surface area contributed by atoms with Crippen molar-refractivity contribution in [2.24, 2.45) is 5.92 Å². The molecule has 184 valence electrons. The van der Waals surface area contributed by atoms with Crippen LogP contribution in [-0.2, 0) is 4.79 Å². The number of rotatable bonds is 3. The van der Waals surface area contributed by atoms with Gasteiger partial charge in [-0.1, -0.05) is 37.1 Å². The van der Waals surface area contributed by atoms with Crippen LogP contribution in [0.25, 0.3) is 0 Å². The molecular formula is C27H29F2N3O3. The summed E-state index contributed by atoms with van der Waals surface area (Å²) in [7, 11) is 0. The van der Waals surface area contributed by atoms with E-state index in [1.807, 2.05) is 23.1 Å². The van der Waals surface area contributed by atoms with E-state index in [-0.39, 0.29) is 44.0 Å². The Labute approximate surface area is 203 Å². The zero-order valence-corrected chi connectivity index (χ0v) is 19.5. The van der Waals surface area contributed by atoms with Gasteiger partial charge >= 0.3 is 0 Å². The van der Waals surface area contributed by atoms with Gasteiger partial charge in [0.15, 0.2) is 0 Å². The fourth-order valence-electron chi connectivity index (χ4n) is 5.90. The lowest BCUT2D eigenvalue weighted by Gasteiger charge is -2.38. The van der Waals surface area contributed by atoms with Gasteiger partial charge in [-0.05, 0) is 49.4 Å². The van der Waals surface area contributed by atoms with Crippen LogP contribution < -0.4 is 0 Å². The highest BCUT2D eigenvalue weighted by atomic mass is 19.1. The first-order valence-corrected chi connectivity index (χ1v) is 12.4. The van der Waals surface area contributed by atoms with E-state index < -0.39 is 29.1 Å². The molecule has 2 heterocycles. The Morgan fingerprint density at radius 1 is 0.743 bits per heavy atom. The molecule has 0 bridgehead atoms. The molecule has 0 aromatic heterocycles. The minimum atomic E-state index is -0.892. The number of fused-ring (bicyclic) bond motifs is 1. The topological polar surface area (TPSA) is 60.9 Å². The molecule has 2 aromatic rings. The maximum Gasteiger partial charge on any atom is 0.259 e. The number of nitrogens with zero attached hydrogens (tertiary/aromatic N) is 3. The van der Waals surface area contributed by atoms with Crippen molar-refractivity contribution < 1.29 is 23.2 Å². The van der Waals surface area contributed by atoms with Crippen LogP contribution in [0, 0.1) is 17.6 Å². The molecule has 0 radical (unpaired) electrons. The molecule has 2 aliphatic heterocycles. The molecule has 0 spiro atoms. The first-order valence-electron chi connectivity index (χ1n) is 12.4. The summed E-state index contributed by atoms with van der Waals surface area (Å²) in [6.07, 6.45) is 4.74. The minimum absolute atomic E-state index is 0.0669. The van der Waals surface area contributed by atoms with Crippen LogP contribution in [0.15, 0.2) is 48.5 Å². The van der Waals surface area contributed by atoms with E-state index in [0.29, 0.717) is 17.9 Å². The molecule has 5 rings (SSSR count). The second-order valence-electron chi connectivity index (χ2n) is 9.66. The Balaban J connectivity index is 1.30. The smallest absolute Gasteiger partial charge is 0.259 e. The Bertz CT molecular complexity index is 1100. The van der Waals surface area contributed by atoms with E-state index in [1.165, 1.54) is 11.0 Å². The fraction of sp³-hybridized carbons (Fsp3) is 0.444. The minimum Gasteiger partial charge on any atom is -0.337 e. The van der Waals surface area contributed by atoms with Crippen molar-refractivity contribution in [3.8, 4) is 0 Å². The molecule has 3 atom stereocenters. The quantitative estimate of drug-likeness (QED) is 0.672. The number of amides is 3. The lowest BCUT2D eigenvalue weighted by Crippen LogP contribution is -2.56. The van der Waals surface area contributed by atoms with Gasteiger partial charge in [0.25, 0.3) is 11.8 Å². The van der Waals surface area contributed by atoms with E-state index in [1.54, 1.807) is 17.0 Å². The summed E-state index contributed by atoms with van der Waals surface area (Å²) < 4.78 is 28.2. The Hall–Kier alpha value is -3.29. The standard InChI is InChI=1S/C27H29F2N3O3/c28-20-10-6-11-21(29)24(20)27(35)31-15-13-30(14-16-31)26(34)23-17-19-9-4-5-12-22(19)32(23)25(33)18-7-2-1-3-8-18/h1-3,6-8,10-11,19,22-23H,4-5,9,12-17H2. The van der Waals surface area contributed by atoms with Crippen molar-refractivity contribution in [1.29, 1.82) is 0 Å². The van der Waals surface area contributed by atoms with Crippen LogP contribution in [0.4, 0.5) is 8.78 Å². The molecule has 35 heavy (non-hydrogen) atoms. The van der Waals surface area contributed by atoms with Gasteiger partial charge in [0.1, 0.15) is 23.2 Å². The van der Waals surface area contributed by atoms with Crippen LogP contribution in [0.3, 0.4) is 0 Å². The summed E-state index contributed by atoms with van der Waals surface area (Å²) in [6.45, 7) is 0.898. The fourth-order valence-corrected chi connectivity index (χ4v) is 5.90. The predicted molar refractivity (Wildman–Crippen MR) is 126 cm³/mol. The Kier molecular flexibility index (Phi) is 6.54. The normalized spacial score (nSPS) is 24.3. The zero-order valence-electron chi connectivity index (χ0n) is 19.5. The maximum absolute atomic E-state index is 14.1. The van der Waals surface area contributed by atoms with E-state index in [9.17, 15) is 23.2 Å². The number of carbonyl (C=O) groups excluding carboxylic acids is 3. The van der Waals surface area contributed by atoms with Crippen molar-refractivity contribution >= 4 is 17.7 Å². The molecule has 2 saturated heterocycles. The Morgan fingerprint density at radius 3 is 2.06 bits per heavy atom. The highest BCUT2D eigenvalue weighted by Gasteiger charge is 2.48. The van der Waals surface area contributed by atoms with Gasteiger partial charge in [0, 0.05) is 37.8 Å². The van der Waals surface area contributed by atoms with Crippen LogP contribution in [0.1, 0.15) is 52.8 Å². The third-order valence-electron chi connectivity index (χ3n) is 7.68. The number of carbonyl (C=O) groups is 3. The highest BCUT2D eigenvalue weighted by molar-refractivity contribution is 5.98. The molecular weight excluding hydrogens is 452 g/mol. The van der Waals surface area contributed by atoms with Crippen molar-refractivity contribution in [2.75, 3.05) is 26.2 Å². The lowest BCUT2D eigenvalue weighted by atomic mass is 9.84. The van der Waals surface area contributed by atoms with Gasteiger partial charge in [0.05, 0.1) is 0 Å². The third kappa shape index (κ3) is 4.42. The van der Waals surface area contributed by atoms with Crippen LogP contribution in [0.5, 0.6) is 0 Å². The molecule has 6 nitrogen and oxygen atoms in total. The van der Waals surface area contributed by atoms with Gasteiger partial charge in [-0.15, -0.1) is 0 Å². The Morgan fingerprint density at radius 2 is 1.37 bits per heavy atom. The molecule has 8 heteroatoms. The van der Waals surface area contributed by atoms with E-state index in [2.05, 4.69) is 0 Å². The summed E-state index contributed by atoms with van der Waals surface area (Å²) in [4.78, 5) is 44.8. The van der Waals surface area contributed by atoms with Crippen molar-refractivity contribution in [3.63, 3.8) is 0 Å². The molecule has 2 aromatic carbocycles. The number of likely N-dealkylation sites (tertiary alicyclic amines) is 1. The van der Waals surface area contributed by atoms with Gasteiger partial charge in [-0.3, -0.25) is 14.4 Å². The van der Waals surface area contributed by atoms with Crippen molar-refractivity contribution in [2.45, 2.75) is 44.2 Å². The van der Waals surface area contributed by atoms with Gasteiger partial charge in [-0.2, -0.15) is 0 Å². The number of benzene rings is 2. The van der Waals surface area contributed by atoms with E-state index in [0.717, 1.165) is 37.8 Å². The highest BCUT2D eigenvalue weighted by Crippen LogP contribution is 2.41. The number of hydrogen-bond donors (Lipinski definition) is 0. The van der Waals surface area contributed by atoms with Gasteiger partial charge in [0.2, 0.25) is 5.91 Å². The monoisotopic (exact) mass is 481 g/mol. The van der Waals surface area contributed by atoms with Crippen LogP contribution in [0.2, 0.25) is 0 Å². The molecule has 3 unspecified atom stereocenters. The van der Waals surface area contributed by atoms with Crippen molar-refractivity contribution in [1.82, 2.24) is 14.7 Å². The number of piperazine rings is 1. The summed E-state index contributed by atoms with van der Waals surface area (Å²) in [5.74, 6) is -2.39. The number of halogens is 2. The first kappa shape index (κ1) is 23.5. The second kappa shape index (κ2) is 9.76. The lowest BCUT2D eigenvalue weighted by molar-refractivity contribution is -0.137. The largest absolute Gasteiger partial charge is 0.337 e. The molecule has 3 amide bonds. The maximum atomic E-state index is 14.1.